The van der Waals surface area contributed by atoms with Crippen LogP contribution >= 0.6 is 11.8 Å². The van der Waals surface area contributed by atoms with E-state index in [0.717, 1.165) is 10.6 Å². The monoisotopic (exact) mass is 352 g/mol. The molecule has 0 bridgehead atoms. The third-order valence-electron chi connectivity index (χ3n) is 3.32. The van der Waals surface area contributed by atoms with E-state index in [4.69, 9.17) is 15.2 Å². The Hall–Kier alpha value is -1.73. The normalized spacial score (nSPS) is 20.5. The highest BCUT2D eigenvalue weighted by Crippen LogP contribution is 2.45. The minimum absolute atomic E-state index is 0.0399. The minimum Gasteiger partial charge on any atom is -0.460 e. The third kappa shape index (κ3) is 5.42. The van der Waals surface area contributed by atoms with E-state index >= 15 is 0 Å². The summed E-state index contributed by atoms with van der Waals surface area (Å²) in [5, 5.41) is 3.32. The molecule has 0 aromatic heterocycles. The van der Waals surface area contributed by atoms with E-state index in [9.17, 15) is 9.59 Å². The minimum atomic E-state index is -0.892. The first-order valence-corrected chi connectivity index (χ1v) is 8.67. The fraction of sp³-hybridized carbons (Fsp3) is 0.529. The molecular weight excluding hydrogens is 328 g/mol. The number of hydrogen-bond donors (Lipinski definition) is 2. The molecule has 0 saturated carbocycles. The Morgan fingerprint density at radius 3 is 2.71 bits per heavy atom. The second-order valence-electron chi connectivity index (χ2n) is 6.70. The van der Waals surface area contributed by atoms with Crippen LogP contribution in [0.3, 0.4) is 0 Å². The predicted octanol–water partition coefficient (Wildman–Crippen LogP) is 2.52. The van der Waals surface area contributed by atoms with Crippen LogP contribution in [-0.4, -0.2) is 35.6 Å². The Bertz CT molecular complexity index is 615. The van der Waals surface area contributed by atoms with Crippen molar-refractivity contribution in [2.75, 3.05) is 18.5 Å². The molecule has 1 atom stereocenters. The number of primary amides is 1. The topological polar surface area (TPSA) is 90.7 Å². The zero-order valence-corrected chi connectivity index (χ0v) is 15.1. The van der Waals surface area contributed by atoms with E-state index < -0.39 is 16.4 Å². The molecule has 1 amide bonds. The van der Waals surface area contributed by atoms with Gasteiger partial charge in [0.1, 0.15) is 17.1 Å². The Morgan fingerprint density at radius 2 is 2.04 bits per heavy atom. The highest BCUT2D eigenvalue weighted by molar-refractivity contribution is 8.00. The van der Waals surface area contributed by atoms with Gasteiger partial charge >= 0.3 is 5.97 Å². The fourth-order valence-corrected chi connectivity index (χ4v) is 3.73. The Balaban J connectivity index is 2.23. The zero-order chi connectivity index (χ0) is 17.8. The van der Waals surface area contributed by atoms with Crippen molar-refractivity contribution in [1.82, 2.24) is 0 Å². The fourth-order valence-electron chi connectivity index (χ4n) is 2.42. The summed E-state index contributed by atoms with van der Waals surface area (Å²) in [7, 11) is 0. The molecule has 1 aromatic carbocycles. The van der Waals surface area contributed by atoms with Gasteiger partial charge in [0.2, 0.25) is 5.91 Å². The van der Waals surface area contributed by atoms with E-state index in [1.165, 1.54) is 11.8 Å². The second-order valence-corrected chi connectivity index (χ2v) is 8.09. The summed E-state index contributed by atoms with van der Waals surface area (Å²) < 4.78 is 11.2. The molecule has 1 aliphatic heterocycles. The lowest BCUT2D eigenvalue weighted by Crippen LogP contribution is -2.38. The molecule has 1 aromatic rings. The van der Waals surface area contributed by atoms with Crippen molar-refractivity contribution in [3.05, 3.63) is 24.3 Å². The van der Waals surface area contributed by atoms with Gasteiger partial charge in [-0.2, -0.15) is 0 Å². The van der Waals surface area contributed by atoms with Crippen molar-refractivity contribution in [2.24, 2.45) is 5.73 Å². The van der Waals surface area contributed by atoms with Crippen LogP contribution in [0.15, 0.2) is 29.2 Å². The van der Waals surface area contributed by atoms with Gasteiger partial charge in [-0.15, -0.1) is 0 Å². The van der Waals surface area contributed by atoms with Crippen LogP contribution < -0.4 is 11.1 Å². The van der Waals surface area contributed by atoms with Crippen molar-refractivity contribution in [2.45, 2.75) is 49.0 Å². The Labute approximate surface area is 146 Å². The Kier molecular flexibility index (Phi) is 5.77. The number of carbonyl (C=O) groups is 2. The summed E-state index contributed by atoms with van der Waals surface area (Å²) in [4.78, 5) is 23.6. The van der Waals surface area contributed by atoms with Gasteiger partial charge in [0.25, 0.3) is 0 Å². The van der Waals surface area contributed by atoms with E-state index in [1.54, 1.807) is 0 Å². The van der Waals surface area contributed by atoms with Gasteiger partial charge in [0.15, 0.2) is 0 Å². The Morgan fingerprint density at radius 1 is 1.33 bits per heavy atom. The standard InChI is InChI=1S/C17H24N2O4S/c1-16(2,3)23-15(21)10-17(22-11-14(18)20)8-9-19-12-6-4-5-7-13(12)24-17/h4-7,19H,8-11H2,1-3H3,(H2,18,20). The van der Waals surface area contributed by atoms with Crippen LogP contribution in [0.5, 0.6) is 0 Å². The zero-order valence-electron chi connectivity index (χ0n) is 14.3. The maximum Gasteiger partial charge on any atom is 0.310 e. The highest BCUT2D eigenvalue weighted by Gasteiger charge is 2.39. The SMILES string of the molecule is CC(C)(C)OC(=O)CC1(OCC(N)=O)CCNc2ccccc2S1. The molecule has 6 nitrogen and oxygen atoms in total. The molecule has 0 saturated heterocycles. The third-order valence-corrected chi connectivity index (χ3v) is 4.73. The molecule has 0 fully saturated rings. The lowest BCUT2D eigenvalue weighted by Gasteiger charge is -2.32. The number of nitrogens with two attached hydrogens (primary N) is 1. The van der Waals surface area contributed by atoms with Crippen LogP contribution in [0.1, 0.15) is 33.6 Å². The summed E-state index contributed by atoms with van der Waals surface area (Å²) in [5.41, 5.74) is 5.64. The molecule has 0 aliphatic carbocycles. The number of hydrogen-bond acceptors (Lipinski definition) is 6. The van der Waals surface area contributed by atoms with Crippen LogP contribution in [0.2, 0.25) is 0 Å². The van der Waals surface area contributed by atoms with E-state index in [2.05, 4.69) is 5.32 Å². The molecule has 1 unspecified atom stereocenters. The van der Waals surface area contributed by atoms with Crippen molar-refractivity contribution in [1.29, 1.82) is 0 Å². The van der Waals surface area contributed by atoms with Crippen molar-refractivity contribution in [3.63, 3.8) is 0 Å². The molecule has 0 radical (unpaired) electrons. The number of para-hydroxylation sites is 1. The molecule has 132 valence electrons. The number of esters is 1. The van der Waals surface area contributed by atoms with Gasteiger partial charge in [0, 0.05) is 23.5 Å². The van der Waals surface area contributed by atoms with Crippen LogP contribution in [-0.2, 0) is 19.1 Å². The molecule has 0 spiro atoms. The largest absolute Gasteiger partial charge is 0.460 e. The number of anilines is 1. The number of thioether (sulfide) groups is 1. The van der Waals surface area contributed by atoms with Gasteiger partial charge in [-0.05, 0) is 32.9 Å². The van der Waals surface area contributed by atoms with Crippen molar-refractivity contribution < 1.29 is 19.1 Å². The summed E-state index contributed by atoms with van der Waals surface area (Å²) in [5.74, 6) is -0.927. The van der Waals surface area contributed by atoms with Gasteiger partial charge in [-0.3, -0.25) is 9.59 Å². The van der Waals surface area contributed by atoms with Crippen LogP contribution in [0.25, 0.3) is 0 Å². The van der Waals surface area contributed by atoms with Gasteiger partial charge < -0.3 is 20.5 Å². The highest BCUT2D eigenvalue weighted by atomic mass is 32.2. The molecule has 3 N–H and O–H groups in total. The lowest BCUT2D eigenvalue weighted by molar-refractivity contribution is -0.160. The summed E-state index contributed by atoms with van der Waals surface area (Å²) >= 11 is 1.43. The van der Waals surface area contributed by atoms with Gasteiger partial charge in [-0.1, -0.05) is 23.9 Å². The number of fused-ring (bicyclic) bond motifs is 1. The van der Waals surface area contributed by atoms with Gasteiger partial charge in [0.05, 0.1) is 6.42 Å². The first-order valence-electron chi connectivity index (χ1n) is 7.85. The van der Waals surface area contributed by atoms with Crippen molar-refractivity contribution in [3.8, 4) is 0 Å². The quantitative estimate of drug-likeness (QED) is 0.792. The summed E-state index contributed by atoms with van der Waals surface area (Å²) in [6.07, 6.45) is 0.580. The predicted molar refractivity (Wildman–Crippen MR) is 93.7 cm³/mol. The second kappa shape index (κ2) is 7.44. The average molecular weight is 352 g/mol. The number of ether oxygens (including phenoxy) is 2. The van der Waals surface area contributed by atoms with E-state index in [-0.39, 0.29) is 19.0 Å². The molecule has 24 heavy (non-hydrogen) atoms. The molecule has 1 aliphatic rings. The maximum absolute atomic E-state index is 12.3. The number of carbonyl (C=O) groups excluding carboxylic acids is 2. The number of nitrogens with one attached hydrogen (secondary N) is 1. The summed E-state index contributed by atoms with van der Waals surface area (Å²) in [6, 6.07) is 7.79. The van der Waals surface area contributed by atoms with Crippen molar-refractivity contribution >= 4 is 29.3 Å². The van der Waals surface area contributed by atoms with E-state index in [1.807, 2.05) is 45.0 Å². The van der Waals surface area contributed by atoms with Crippen LogP contribution in [0, 0.1) is 0 Å². The number of benzene rings is 1. The van der Waals surface area contributed by atoms with Crippen LogP contribution in [0.4, 0.5) is 5.69 Å². The summed E-state index contributed by atoms with van der Waals surface area (Å²) in [6.45, 7) is 5.83. The molecular formula is C17H24N2O4S. The maximum atomic E-state index is 12.3. The number of amides is 1. The smallest absolute Gasteiger partial charge is 0.310 e. The molecule has 1 heterocycles. The average Bonchev–Trinajstić information content (AvgIpc) is 2.62. The lowest BCUT2D eigenvalue weighted by atomic mass is 10.1. The van der Waals surface area contributed by atoms with Gasteiger partial charge in [-0.25, -0.2) is 0 Å². The van der Waals surface area contributed by atoms with E-state index in [0.29, 0.717) is 13.0 Å². The first kappa shape index (κ1) is 18.6. The molecule has 2 rings (SSSR count). The first-order chi connectivity index (χ1) is 11.2. The number of rotatable bonds is 5. The molecule has 7 heteroatoms.